The van der Waals surface area contributed by atoms with Crippen molar-refractivity contribution >= 4 is 17.7 Å². The van der Waals surface area contributed by atoms with Crippen molar-refractivity contribution in [2.75, 3.05) is 0 Å². The number of aromatic carboxylic acids is 1. The van der Waals surface area contributed by atoms with Crippen LogP contribution in [0.3, 0.4) is 0 Å². The number of carbonyl (C=O) groups is 1. The lowest BCUT2D eigenvalue weighted by Gasteiger charge is -1.95. The van der Waals surface area contributed by atoms with Gasteiger partial charge in [-0.1, -0.05) is 0 Å². The van der Waals surface area contributed by atoms with Crippen LogP contribution >= 0.6 is 11.8 Å². The molecule has 0 amide bonds. The minimum Gasteiger partial charge on any atom is -0.476 e. The highest BCUT2D eigenvalue weighted by Gasteiger charge is 2.07. The Kier molecular flexibility index (Phi) is 2.64. The third-order valence-corrected chi connectivity index (χ3v) is 2.25. The Labute approximate surface area is 88.4 Å². The highest BCUT2D eigenvalue weighted by Crippen LogP contribution is 2.22. The molecule has 0 aliphatic heterocycles. The zero-order chi connectivity index (χ0) is 10.7. The summed E-state index contributed by atoms with van der Waals surface area (Å²) in [7, 11) is 0. The zero-order valence-electron chi connectivity index (χ0n) is 7.32. The van der Waals surface area contributed by atoms with Gasteiger partial charge in [0.25, 0.3) is 5.22 Å². The second kappa shape index (κ2) is 4.09. The molecule has 0 saturated carbocycles. The van der Waals surface area contributed by atoms with Crippen molar-refractivity contribution in [3.05, 3.63) is 30.5 Å². The lowest BCUT2D eigenvalue weighted by molar-refractivity contribution is 0.0689. The Balaban J connectivity index is 2.14. The first-order valence-corrected chi connectivity index (χ1v) is 4.70. The number of hydrogen-bond acceptors (Lipinski definition) is 6. The van der Waals surface area contributed by atoms with Crippen molar-refractivity contribution in [3.8, 4) is 0 Å². The molecule has 2 aromatic rings. The molecule has 0 unspecified atom stereocenters. The van der Waals surface area contributed by atoms with Gasteiger partial charge in [-0.25, -0.2) is 19.7 Å². The molecule has 0 aliphatic rings. The van der Waals surface area contributed by atoms with Crippen LogP contribution in [-0.4, -0.2) is 26.0 Å². The molecule has 0 spiro atoms. The molecule has 2 heterocycles. The Hall–Kier alpha value is -1.89. The van der Waals surface area contributed by atoms with Crippen LogP contribution in [0.25, 0.3) is 0 Å². The molecule has 0 aliphatic carbocycles. The average Bonchev–Trinajstić information content (AvgIpc) is 2.71. The predicted molar refractivity (Wildman–Crippen MR) is 49.6 cm³/mol. The van der Waals surface area contributed by atoms with Gasteiger partial charge in [0.1, 0.15) is 11.3 Å². The maximum absolute atomic E-state index is 10.5. The Morgan fingerprint density at radius 1 is 1.33 bits per heavy atom. The van der Waals surface area contributed by atoms with Gasteiger partial charge in [0.15, 0.2) is 5.69 Å². The van der Waals surface area contributed by atoms with Gasteiger partial charge in [-0.05, 0) is 11.8 Å². The van der Waals surface area contributed by atoms with Crippen LogP contribution in [0, 0.1) is 0 Å². The van der Waals surface area contributed by atoms with E-state index in [-0.39, 0.29) is 5.69 Å². The number of oxazole rings is 1. The summed E-state index contributed by atoms with van der Waals surface area (Å²) in [4.78, 5) is 22.0. The monoisotopic (exact) mass is 223 g/mol. The largest absolute Gasteiger partial charge is 0.476 e. The fraction of sp³-hybridized carbons (Fsp3) is 0. The topological polar surface area (TPSA) is 89.1 Å². The van der Waals surface area contributed by atoms with E-state index in [1.807, 2.05) is 0 Å². The summed E-state index contributed by atoms with van der Waals surface area (Å²) < 4.78 is 4.98. The van der Waals surface area contributed by atoms with Crippen LogP contribution in [0.5, 0.6) is 0 Å². The van der Waals surface area contributed by atoms with Gasteiger partial charge in [0.2, 0.25) is 0 Å². The van der Waals surface area contributed by atoms with Crippen molar-refractivity contribution in [2.45, 2.75) is 10.2 Å². The summed E-state index contributed by atoms with van der Waals surface area (Å²) in [6, 6.07) is 0. The van der Waals surface area contributed by atoms with E-state index < -0.39 is 5.97 Å². The molecule has 2 aromatic heterocycles. The smallest absolute Gasteiger partial charge is 0.356 e. The van der Waals surface area contributed by atoms with Crippen LogP contribution in [0.15, 0.2) is 39.5 Å². The zero-order valence-corrected chi connectivity index (χ0v) is 8.14. The number of aromatic nitrogens is 3. The van der Waals surface area contributed by atoms with Gasteiger partial charge in [-0.15, -0.1) is 0 Å². The maximum atomic E-state index is 10.5. The van der Waals surface area contributed by atoms with Crippen LogP contribution in [0.2, 0.25) is 0 Å². The first kappa shape index (κ1) is 9.66. The van der Waals surface area contributed by atoms with Crippen molar-refractivity contribution < 1.29 is 14.3 Å². The van der Waals surface area contributed by atoms with Gasteiger partial charge in [-0.2, -0.15) is 0 Å². The van der Waals surface area contributed by atoms with Crippen molar-refractivity contribution in [3.63, 3.8) is 0 Å². The predicted octanol–water partition coefficient (Wildman–Crippen LogP) is 1.31. The van der Waals surface area contributed by atoms with E-state index >= 15 is 0 Å². The lowest BCUT2D eigenvalue weighted by Crippen LogP contribution is -2.00. The van der Waals surface area contributed by atoms with Gasteiger partial charge < -0.3 is 9.52 Å². The standard InChI is InChI=1S/C8H5N3O3S/c12-7(13)5-3-11-6(4-10-5)15-8-9-1-2-14-8/h1-4H,(H,12,13). The molecule has 6 nitrogen and oxygen atoms in total. The van der Waals surface area contributed by atoms with Gasteiger partial charge in [-0.3, -0.25) is 0 Å². The SMILES string of the molecule is O=C(O)c1cnc(Sc2ncco2)cn1. The van der Waals surface area contributed by atoms with E-state index in [1.54, 1.807) is 0 Å². The van der Waals surface area contributed by atoms with Gasteiger partial charge in [0.05, 0.1) is 18.6 Å². The molecule has 7 heteroatoms. The summed E-state index contributed by atoms with van der Waals surface area (Å²) in [5.74, 6) is -1.10. The molecular formula is C8H5N3O3S. The Bertz CT molecular complexity index is 454. The summed E-state index contributed by atoms with van der Waals surface area (Å²) >= 11 is 1.17. The number of rotatable bonds is 3. The molecule has 2 rings (SSSR count). The molecule has 0 saturated heterocycles. The second-order valence-corrected chi connectivity index (χ2v) is 3.42. The molecular weight excluding hydrogens is 218 g/mol. The summed E-state index contributed by atoms with van der Waals surface area (Å²) in [5.41, 5.74) is -0.0910. The minimum absolute atomic E-state index is 0.0910. The average molecular weight is 223 g/mol. The van der Waals surface area contributed by atoms with Gasteiger partial charge >= 0.3 is 5.97 Å². The van der Waals surface area contributed by atoms with Gasteiger partial charge in [0, 0.05) is 0 Å². The normalized spacial score (nSPS) is 10.1. The van der Waals surface area contributed by atoms with E-state index in [1.165, 1.54) is 36.6 Å². The van der Waals surface area contributed by atoms with E-state index in [2.05, 4.69) is 15.0 Å². The molecule has 15 heavy (non-hydrogen) atoms. The van der Waals surface area contributed by atoms with Crippen LogP contribution in [0.1, 0.15) is 10.5 Å². The first-order valence-electron chi connectivity index (χ1n) is 3.88. The number of hydrogen-bond donors (Lipinski definition) is 1. The van der Waals surface area contributed by atoms with Crippen LogP contribution < -0.4 is 0 Å². The van der Waals surface area contributed by atoms with Crippen molar-refractivity contribution in [1.29, 1.82) is 0 Å². The van der Waals surface area contributed by atoms with Crippen molar-refractivity contribution in [1.82, 2.24) is 15.0 Å². The third kappa shape index (κ3) is 2.32. The minimum atomic E-state index is -1.10. The fourth-order valence-corrected chi connectivity index (χ4v) is 1.44. The highest BCUT2D eigenvalue weighted by atomic mass is 32.2. The molecule has 76 valence electrons. The molecule has 0 bridgehead atoms. The third-order valence-electron chi connectivity index (χ3n) is 1.45. The van der Waals surface area contributed by atoms with Crippen molar-refractivity contribution in [2.24, 2.45) is 0 Å². The van der Waals surface area contributed by atoms with E-state index in [0.717, 1.165) is 0 Å². The fourth-order valence-electron chi connectivity index (χ4n) is 0.830. The second-order valence-electron chi connectivity index (χ2n) is 2.45. The quantitative estimate of drug-likeness (QED) is 0.838. The maximum Gasteiger partial charge on any atom is 0.356 e. The van der Waals surface area contributed by atoms with Crippen LogP contribution in [0.4, 0.5) is 0 Å². The molecule has 0 atom stereocenters. The lowest BCUT2D eigenvalue weighted by atomic mass is 10.5. The molecule has 0 radical (unpaired) electrons. The number of nitrogens with zero attached hydrogens (tertiary/aromatic N) is 3. The Morgan fingerprint density at radius 3 is 2.73 bits per heavy atom. The van der Waals surface area contributed by atoms with Crippen LogP contribution in [-0.2, 0) is 0 Å². The molecule has 1 N–H and O–H groups in total. The number of carboxylic acid groups (broad SMARTS) is 1. The first-order chi connectivity index (χ1) is 7.25. The number of carboxylic acids is 1. The van der Waals surface area contributed by atoms with E-state index in [0.29, 0.717) is 10.2 Å². The summed E-state index contributed by atoms with van der Waals surface area (Å²) in [6.45, 7) is 0. The summed E-state index contributed by atoms with van der Waals surface area (Å²) in [6.07, 6.45) is 5.51. The molecule has 0 aromatic carbocycles. The Morgan fingerprint density at radius 2 is 2.20 bits per heavy atom. The molecule has 0 fully saturated rings. The summed E-state index contributed by atoms with van der Waals surface area (Å²) in [5, 5.41) is 9.56. The van der Waals surface area contributed by atoms with E-state index in [9.17, 15) is 4.79 Å². The highest BCUT2D eigenvalue weighted by molar-refractivity contribution is 7.99. The van der Waals surface area contributed by atoms with E-state index in [4.69, 9.17) is 9.52 Å².